The summed E-state index contributed by atoms with van der Waals surface area (Å²) in [5.41, 5.74) is -1.24. The summed E-state index contributed by atoms with van der Waals surface area (Å²) in [6.07, 6.45) is -4.64. The molecule has 0 aromatic carbocycles. The van der Waals surface area contributed by atoms with Gasteiger partial charge in [-0.3, -0.25) is 0 Å². The van der Waals surface area contributed by atoms with E-state index in [1.54, 1.807) is 0 Å². The molecule has 90 valence electrons. The van der Waals surface area contributed by atoms with Crippen molar-refractivity contribution in [3.63, 3.8) is 0 Å². The van der Waals surface area contributed by atoms with Crippen molar-refractivity contribution in [2.75, 3.05) is 11.6 Å². The van der Waals surface area contributed by atoms with E-state index >= 15 is 0 Å². The molecule has 0 bridgehead atoms. The smallest absolute Gasteiger partial charge is 0.222 e. The number of rotatable bonds is 3. The summed E-state index contributed by atoms with van der Waals surface area (Å²) in [7, 11) is -3.75. The Balaban J connectivity index is 3.05. The zero-order valence-corrected chi connectivity index (χ0v) is 9.27. The van der Waals surface area contributed by atoms with Gasteiger partial charge in [-0.25, -0.2) is 8.42 Å². The molecule has 0 saturated carbocycles. The first kappa shape index (κ1) is 13.2. The highest BCUT2D eigenvalue weighted by molar-refractivity contribution is 7.91. The van der Waals surface area contributed by atoms with E-state index in [4.69, 9.17) is 11.6 Å². The minimum Gasteiger partial charge on any atom is -0.222 e. The largest absolute Gasteiger partial charge is 0.435 e. The monoisotopic (exact) mass is 274 g/mol. The van der Waals surface area contributed by atoms with Gasteiger partial charge in [-0.1, -0.05) is 0 Å². The third-order valence-electron chi connectivity index (χ3n) is 1.60. The molecule has 0 fully saturated rings. The molecular weight excluding hydrogens is 269 g/mol. The highest BCUT2D eigenvalue weighted by Gasteiger charge is 2.33. The Labute approximate surface area is 94.4 Å². The molecule has 1 heterocycles. The van der Waals surface area contributed by atoms with E-state index in [1.165, 1.54) is 0 Å². The van der Waals surface area contributed by atoms with Crippen LogP contribution in [0.4, 0.5) is 13.2 Å². The van der Waals surface area contributed by atoms with Gasteiger partial charge in [0, 0.05) is 5.88 Å². The quantitative estimate of drug-likeness (QED) is 0.784. The molecular formula is C7H6ClF3N2O2S. The molecule has 0 spiro atoms. The Morgan fingerprint density at radius 3 is 2.25 bits per heavy atom. The molecule has 1 rings (SSSR count). The first-order valence-corrected chi connectivity index (χ1v) is 6.16. The van der Waals surface area contributed by atoms with Crippen LogP contribution in [0.3, 0.4) is 0 Å². The maximum absolute atomic E-state index is 12.1. The van der Waals surface area contributed by atoms with Crippen molar-refractivity contribution in [1.29, 1.82) is 0 Å². The van der Waals surface area contributed by atoms with Gasteiger partial charge in [-0.2, -0.15) is 13.2 Å². The lowest BCUT2D eigenvalue weighted by Crippen LogP contribution is -2.14. The number of alkyl halides is 4. The van der Waals surface area contributed by atoms with Crippen LogP contribution in [0.25, 0.3) is 0 Å². The number of nitrogens with zero attached hydrogens (tertiary/aromatic N) is 2. The summed E-state index contributed by atoms with van der Waals surface area (Å²) >= 11 is 5.23. The molecule has 1 aromatic heterocycles. The first-order valence-electron chi connectivity index (χ1n) is 3.97. The Bertz CT molecular complexity index is 458. The average Bonchev–Trinajstić information content (AvgIpc) is 2.16. The molecule has 0 aliphatic rings. The Morgan fingerprint density at radius 1 is 1.25 bits per heavy atom. The number of sulfone groups is 1. The zero-order chi connectivity index (χ0) is 12.4. The standard InChI is InChI=1S/C7H6ClF3N2O2S/c8-3-4-16(14,15)6-2-1-5(12-13-6)7(9,10)11/h1-2H,3-4H2. The zero-order valence-electron chi connectivity index (χ0n) is 7.70. The highest BCUT2D eigenvalue weighted by atomic mass is 35.5. The summed E-state index contributed by atoms with van der Waals surface area (Å²) in [6.45, 7) is 0. The Morgan fingerprint density at radius 2 is 1.88 bits per heavy atom. The van der Waals surface area contributed by atoms with Crippen molar-refractivity contribution < 1.29 is 21.6 Å². The normalized spacial score (nSPS) is 12.8. The minimum absolute atomic E-state index is 0.162. The SMILES string of the molecule is O=S(=O)(CCCl)c1ccc(C(F)(F)F)nn1. The average molecular weight is 275 g/mol. The van der Waals surface area contributed by atoms with Crippen LogP contribution >= 0.6 is 11.6 Å². The lowest BCUT2D eigenvalue weighted by molar-refractivity contribution is -0.141. The van der Waals surface area contributed by atoms with Gasteiger partial charge in [0.25, 0.3) is 0 Å². The molecule has 0 unspecified atom stereocenters. The number of aromatic nitrogens is 2. The molecule has 0 aliphatic heterocycles. The summed E-state index contributed by atoms with van der Waals surface area (Å²) in [4.78, 5) is 0. The van der Waals surface area contributed by atoms with Crippen LogP contribution in [0.5, 0.6) is 0 Å². The predicted molar refractivity (Wildman–Crippen MR) is 49.8 cm³/mol. The van der Waals surface area contributed by atoms with E-state index < -0.39 is 32.5 Å². The van der Waals surface area contributed by atoms with Crippen molar-refractivity contribution in [2.24, 2.45) is 0 Å². The van der Waals surface area contributed by atoms with Crippen LogP contribution in [-0.2, 0) is 16.0 Å². The van der Waals surface area contributed by atoms with Gasteiger partial charge in [0.05, 0.1) is 5.75 Å². The molecule has 0 atom stereocenters. The van der Waals surface area contributed by atoms with Crippen LogP contribution in [0.1, 0.15) is 5.69 Å². The van der Waals surface area contributed by atoms with Gasteiger partial charge in [-0.05, 0) is 12.1 Å². The van der Waals surface area contributed by atoms with Gasteiger partial charge in [0.2, 0.25) is 0 Å². The van der Waals surface area contributed by atoms with Crippen LogP contribution in [0, 0.1) is 0 Å². The summed E-state index contributed by atoms with van der Waals surface area (Å²) in [6, 6.07) is 1.33. The summed E-state index contributed by atoms with van der Waals surface area (Å²) in [5, 5.41) is 5.31. The Hall–Kier alpha value is -0.890. The number of hydrogen-bond acceptors (Lipinski definition) is 4. The van der Waals surface area contributed by atoms with E-state index in [0.29, 0.717) is 6.07 Å². The van der Waals surface area contributed by atoms with E-state index in [-0.39, 0.29) is 5.88 Å². The molecule has 1 aromatic rings. The van der Waals surface area contributed by atoms with Crippen molar-refractivity contribution in [3.05, 3.63) is 17.8 Å². The fraction of sp³-hybridized carbons (Fsp3) is 0.429. The van der Waals surface area contributed by atoms with Crippen molar-refractivity contribution in [1.82, 2.24) is 10.2 Å². The fourth-order valence-electron chi connectivity index (χ4n) is 0.843. The van der Waals surface area contributed by atoms with Gasteiger partial charge >= 0.3 is 6.18 Å². The van der Waals surface area contributed by atoms with Crippen molar-refractivity contribution in [2.45, 2.75) is 11.2 Å². The van der Waals surface area contributed by atoms with E-state index in [9.17, 15) is 21.6 Å². The van der Waals surface area contributed by atoms with E-state index in [1.807, 2.05) is 0 Å². The maximum atomic E-state index is 12.1. The molecule has 9 heteroatoms. The van der Waals surface area contributed by atoms with Gasteiger partial charge in [-0.15, -0.1) is 21.8 Å². The van der Waals surface area contributed by atoms with E-state index in [0.717, 1.165) is 6.07 Å². The molecule has 4 nitrogen and oxygen atoms in total. The second-order valence-electron chi connectivity index (χ2n) is 2.76. The fourth-order valence-corrected chi connectivity index (χ4v) is 2.31. The van der Waals surface area contributed by atoms with Crippen molar-refractivity contribution in [3.8, 4) is 0 Å². The summed E-state index contributed by atoms with van der Waals surface area (Å²) < 4.78 is 58.9. The maximum Gasteiger partial charge on any atom is 0.435 e. The molecule has 0 saturated heterocycles. The Kier molecular flexibility index (Phi) is 3.74. The third-order valence-corrected chi connectivity index (χ3v) is 3.60. The molecule has 0 N–H and O–H groups in total. The lowest BCUT2D eigenvalue weighted by atomic mass is 10.4. The minimum atomic E-state index is -4.64. The van der Waals surface area contributed by atoms with Crippen molar-refractivity contribution >= 4 is 21.4 Å². The lowest BCUT2D eigenvalue weighted by Gasteiger charge is -2.05. The van der Waals surface area contributed by atoms with E-state index in [2.05, 4.69) is 10.2 Å². The molecule has 0 aliphatic carbocycles. The topological polar surface area (TPSA) is 59.9 Å². The number of halogens is 4. The molecule has 0 radical (unpaired) electrons. The van der Waals surface area contributed by atoms with Crippen LogP contribution in [0.2, 0.25) is 0 Å². The number of hydrogen-bond donors (Lipinski definition) is 0. The van der Waals surface area contributed by atoms with Crippen LogP contribution in [0.15, 0.2) is 17.2 Å². The molecule has 16 heavy (non-hydrogen) atoms. The van der Waals surface area contributed by atoms with Crippen LogP contribution in [-0.4, -0.2) is 30.2 Å². The van der Waals surface area contributed by atoms with Gasteiger partial charge in [0.15, 0.2) is 20.6 Å². The highest BCUT2D eigenvalue weighted by Crippen LogP contribution is 2.27. The second-order valence-corrected chi connectivity index (χ2v) is 5.20. The second kappa shape index (κ2) is 4.54. The predicted octanol–water partition coefficient (Wildman–Crippen LogP) is 1.51. The first-order chi connectivity index (χ1) is 7.27. The van der Waals surface area contributed by atoms with Crippen LogP contribution < -0.4 is 0 Å². The molecule has 0 amide bonds. The van der Waals surface area contributed by atoms with Gasteiger partial charge in [0.1, 0.15) is 0 Å². The van der Waals surface area contributed by atoms with Gasteiger partial charge < -0.3 is 0 Å². The third kappa shape index (κ3) is 3.05. The summed E-state index contributed by atoms with van der Waals surface area (Å²) in [5.74, 6) is -0.556.